The van der Waals surface area contributed by atoms with E-state index in [1.54, 1.807) is 12.2 Å². The minimum atomic E-state index is -0.682. The van der Waals surface area contributed by atoms with Crippen molar-refractivity contribution in [3.63, 3.8) is 0 Å². The molecule has 126 valence electrons. The molecule has 0 radical (unpaired) electrons. The van der Waals surface area contributed by atoms with Crippen molar-refractivity contribution in [3.05, 3.63) is 59.8 Å². The van der Waals surface area contributed by atoms with Gasteiger partial charge in [0.25, 0.3) is 0 Å². The molecule has 1 aromatic rings. The number of carbonyl (C=O) groups excluding carboxylic acids is 2. The summed E-state index contributed by atoms with van der Waals surface area (Å²) >= 11 is 0. The fourth-order valence-electron chi connectivity index (χ4n) is 2.60. The number of alkyl carbamates (subject to hydrolysis) is 1. The van der Waals surface area contributed by atoms with E-state index in [9.17, 15) is 9.59 Å². The van der Waals surface area contributed by atoms with E-state index < -0.39 is 12.1 Å². The van der Waals surface area contributed by atoms with E-state index in [0.717, 1.165) is 24.4 Å². The summed E-state index contributed by atoms with van der Waals surface area (Å²) in [6.07, 6.45) is 4.50. The monoisotopic (exact) mass is 328 g/mol. The molecule has 1 fully saturated rings. The summed E-state index contributed by atoms with van der Waals surface area (Å²) in [6.45, 7) is 3.02. The predicted octanol–water partition coefficient (Wildman–Crippen LogP) is 1.64. The van der Waals surface area contributed by atoms with Crippen molar-refractivity contribution in [2.45, 2.75) is 12.6 Å². The fraction of sp³-hybridized carbons (Fsp3) is 0.333. The Morgan fingerprint density at radius 1 is 1.25 bits per heavy atom. The van der Waals surface area contributed by atoms with Crippen LogP contribution in [0.2, 0.25) is 0 Å². The molecule has 0 spiro atoms. The third-order valence-electron chi connectivity index (χ3n) is 3.92. The molecule has 24 heavy (non-hydrogen) atoms. The van der Waals surface area contributed by atoms with E-state index in [0.29, 0.717) is 13.2 Å². The van der Waals surface area contributed by atoms with Crippen LogP contribution in [0.15, 0.2) is 54.3 Å². The Balaban J connectivity index is 1.49. The highest BCUT2D eigenvalue weighted by atomic mass is 16.5. The number of benzene rings is 1. The number of carbonyl (C=O) groups is 2. The SMILES string of the molecule is O=C(NC1C=CC(N2CCOCC2)=CC1=O)OCc1ccccc1. The maximum Gasteiger partial charge on any atom is 0.408 e. The van der Waals surface area contributed by atoms with E-state index in [1.165, 1.54) is 0 Å². The first-order chi connectivity index (χ1) is 11.7. The highest BCUT2D eigenvalue weighted by Gasteiger charge is 2.23. The molecule has 1 amide bonds. The molecule has 0 bridgehead atoms. The molecule has 0 aromatic heterocycles. The van der Waals surface area contributed by atoms with Crippen molar-refractivity contribution in [3.8, 4) is 0 Å². The molecule has 1 N–H and O–H groups in total. The van der Waals surface area contributed by atoms with Crippen LogP contribution in [-0.2, 0) is 20.9 Å². The van der Waals surface area contributed by atoms with Crippen molar-refractivity contribution in [2.24, 2.45) is 0 Å². The van der Waals surface area contributed by atoms with E-state index in [-0.39, 0.29) is 12.4 Å². The summed E-state index contributed by atoms with van der Waals surface area (Å²) in [5, 5.41) is 2.58. The molecule has 1 unspecified atom stereocenters. The maximum atomic E-state index is 12.2. The van der Waals surface area contributed by atoms with Gasteiger partial charge in [0, 0.05) is 24.9 Å². The molecule has 1 atom stereocenters. The van der Waals surface area contributed by atoms with Crippen molar-refractivity contribution in [1.29, 1.82) is 0 Å². The number of allylic oxidation sites excluding steroid dienone is 1. The molecule has 1 aromatic carbocycles. The first kappa shape index (κ1) is 16.3. The zero-order valence-electron chi connectivity index (χ0n) is 13.3. The number of hydrogen-bond acceptors (Lipinski definition) is 5. The summed E-state index contributed by atoms with van der Waals surface area (Å²) in [5.41, 5.74) is 1.76. The molecular formula is C18H20N2O4. The largest absolute Gasteiger partial charge is 0.445 e. The Morgan fingerprint density at radius 2 is 2.00 bits per heavy atom. The number of ketones is 1. The van der Waals surface area contributed by atoms with Gasteiger partial charge < -0.3 is 19.7 Å². The van der Waals surface area contributed by atoms with Crippen LogP contribution in [0.1, 0.15) is 5.56 Å². The second-order valence-electron chi connectivity index (χ2n) is 5.61. The average molecular weight is 328 g/mol. The lowest BCUT2D eigenvalue weighted by molar-refractivity contribution is -0.115. The Labute approximate surface area is 140 Å². The zero-order valence-corrected chi connectivity index (χ0v) is 13.3. The van der Waals surface area contributed by atoms with Crippen molar-refractivity contribution >= 4 is 11.9 Å². The quantitative estimate of drug-likeness (QED) is 0.910. The van der Waals surface area contributed by atoms with Gasteiger partial charge in [-0.25, -0.2) is 4.79 Å². The van der Waals surface area contributed by atoms with Gasteiger partial charge in [0.05, 0.1) is 13.2 Å². The lowest BCUT2D eigenvalue weighted by atomic mass is 10.0. The Hall–Kier alpha value is -2.60. The van der Waals surface area contributed by atoms with Gasteiger partial charge in [-0.2, -0.15) is 0 Å². The smallest absolute Gasteiger partial charge is 0.408 e. The van der Waals surface area contributed by atoms with Crippen LogP contribution in [0, 0.1) is 0 Å². The second kappa shape index (κ2) is 7.79. The van der Waals surface area contributed by atoms with E-state index >= 15 is 0 Å². The number of nitrogens with one attached hydrogen (secondary N) is 1. The van der Waals surface area contributed by atoms with Gasteiger partial charge in [-0.05, 0) is 11.6 Å². The van der Waals surface area contributed by atoms with Crippen LogP contribution in [-0.4, -0.2) is 49.1 Å². The first-order valence-corrected chi connectivity index (χ1v) is 7.96. The molecule has 6 heteroatoms. The predicted molar refractivity (Wildman–Crippen MR) is 88.2 cm³/mol. The third-order valence-corrected chi connectivity index (χ3v) is 3.92. The minimum absolute atomic E-state index is 0.157. The standard InChI is InChI=1S/C18H20N2O4/c21-17-12-15(20-8-10-23-11-9-20)6-7-16(17)19-18(22)24-13-14-4-2-1-3-5-14/h1-7,12,16H,8-11,13H2,(H,19,22). The molecule has 0 saturated carbocycles. The van der Waals surface area contributed by atoms with Crippen LogP contribution >= 0.6 is 0 Å². The van der Waals surface area contributed by atoms with Gasteiger partial charge in [0.2, 0.25) is 0 Å². The molecule has 1 heterocycles. The fourth-order valence-corrected chi connectivity index (χ4v) is 2.60. The van der Waals surface area contributed by atoms with E-state index in [1.807, 2.05) is 36.4 Å². The zero-order chi connectivity index (χ0) is 16.8. The minimum Gasteiger partial charge on any atom is -0.445 e. The molecule has 3 rings (SSSR count). The number of morpholine rings is 1. The first-order valence-electron chi connectivity index (χ1n) is 7.96. The van der Waals surface area contributed by atoms with E-state index in [2.05, 4.69) is 10.2 Å². The van der Waals surface area contributed by atoms with Crippen molar-refractivity contribution in [2.75, 3.05) is 26.3 Å². The van der Waals surface area contributed by atoms with Gasteiger partial charge in [0.15, 0.2) is 5.78 Å². The highest BCUT2D eigenvalue weighted by molar-refractivity contribution is 5.99. The topological polar surface area (TPSA) is 67.9 Å². The summed E-state index contributed by atoms with van der Waals surface area (Å²) in [6, 6.07) is 8.71. The van der Waals surface area contributed by atoms with Crippen molar-refractivity contribution in [1.82, 2.24) is 10.2 Å². The van der Waals surface area contributed by atoms with Crippen LogP contribution < -0.4 is 5.32 Å². The number of hydrogen-bond donors (Lipinski definition) is 1. The van der Waals surface area contributed by atoms with Crippen LogP contribution in [0.25, 0.3) is 0 Å². The summed E-state index contributed by atoms with van der Waals surface area (Å²) in [5.74, 6) is -0.157. The molecule has 2 aliphatic rings. The Bertz CT molecular complexity index is 648. The summed E-state index contributed by atoms with van der Waals surface area (Å²) in [7, 11) is 0. The van der Waals surface area contributed by atoms with E-state index in [4.69, 9.17) is 9.47 Å². The highest BCUT2D eigenvalue weighted by Crippen LogP contribution is 2.14. The molecule has 1 saturated heterocycles. The summed E-state index contributed by atoms with van der Waals surface area (Å²) < 4.78 is 10.4. The molecule has 1 aliphatic heterocycles. The number of ether oxygens (including phenoxy) is 2. The van der Waals surface area contributed by atoms with Crippen LogP contribution in [0.4, 0.5) is 4.79 Å². The van der Waals surface area contributed by atoms with Gasteiger partial charge in [-0.3, -0.25) is 4.79 Å². The average Bonchev–Trinajstić information content (AvgIpc) is 2.63. The normalized spacial score (nSPS) is 20.5. The van der Waals surface area contributed by atoms with Crippen LogP contribution in [0.5, 0.6) is 0 Å². The van der Waals surface area contributed by atoms with Gasteiger partial charge in [-0.1, -0.05) is 36.4 Å². The molecule has 1 aliphatic carbocycles. The van der Waals surface area contributed by atoms with Gasteiger partial charge >= 0.3 is 6.09 Å². The third kappa shape index (κ3) is 4.23. The lowest BCUT2D eigenvalue weighted by Gasteiger charge is -2.31. The molecular weight excluding hydrogens is 308 g/mol. The number of nitrogens with zero attached hydrogens (tertiary/aromatic N) is 1. The maximum absolute atomic E-state index is 12.2. The molecule has 6 nitrogen and oxygen atoms in total. The van der Waals surface area contributed by atoms with Gasteiger partial charge in [0.1, 0.15) is 12.6 Å². The lowest BCUT2D eigenvalue weighted by Crippen LogP contribution is -2.42. The van der Waals surface area contributed by atoms with Crippen LogP contribution in [0.3, 0.4) is 0 Å². The Morgan fingerprint density at radius 3 is 2.71 bits per heavy atom. The van der Waals surface area contributed by atoms with Crippen molar-refractivity contribution < 1.29 is 19.1 Å². The van der Waals surface area contributed by atoms with Gasteiger partial charge in [-0.15, -0.1) is 0 Å². The second-order valence-corrected chi connectivity index (χ2v) is 5.61. The number of rotatable bonds is 4. The number of amides is 1. The summed E-state index contributed by atoms with van der Waals surface area (Å²) in [4.78, 5) is 26.1. The Kier molecular flexibility index (Phi) is 5.28.